The molecule has 0 spiro atoms. The topological polar surface area (TPSA) is 41.6 Å². The van der Waals surface area contributed by atoms with Crippen molar-refractivity contribution in [1.29, 1.82) is 0 Å². The van der Waals surface area contributed by atoms with E-state index in [0.717, 1.165) is 30.3 Å². The van der Waals surface area contributed by atoms with Gasteiger partial charge in [0, 0.05) is 30.4 Å². The molecule has 0 aliphatic carbocycles. The predicted octanol–water partition coefficient (Wildman–Crippen LogP) is 4.48. The van der Waals surface area contributed by atoms with E-state index in [-0.39, 0.29) is 5.78 Å². The first-order valence-electron chi connectivity index (χ1n) is 8.56. The number of nitrogens with one attached hydrogen (secondary N) is 1. The highest BCUT2D eigenvalue weighted by atomic mass is 16.5. The highest BCUT2D eigenvalue weighted by Crippen LogP contribution is 2.16. The summed E-state index contributed by atoms with van der Waals surface area (Å²) >= 11 is 0. The van der Waals surface area contributed by atoms with Crippen LogP contribution in [-0.2, 0) is 0 Å². The monoisotopic (exact) mass is 338 g/mol. The van der Waals surface area contributed by atoms with Gasteiger partial charge in [-0.3, -0.25) is 4.79 Å². The van der Waals surface area contributed by atoms with Gasteiger partial charge in [-0.05, 0) is 57.2 Å². The van der Waals surface area contributed by atoms with Crippen LogP contribution in [0.3, 0.4) is 0 Å². The molecule has 132 valence electrons. The molecule has 2 aromatic carbocycles. The smallest absolute Gasteiger partial charge is 0.189 e. The maximum absolute atomic E-state index is 12.7. The molecule has 0 bridgehead atoms. The van der Waals surface area contributed by atoms with Gasteiger partial charge in [0.05, 0.1) is 7.11 Å². The van der Waals surface area contributed by atoms with Crippen LogP contribution >= 0.6 is 0 Å². The summed E-state index contributed by atoms with van der Waals surface area (Å²) in [5, 5.41) is 3.37. The van der Waals surface area contributed by atoms with E-state index < -0.39 is 0 Å². The minimum absolute atomic E-state index is 0.0378. The number of hydrogen-bond acceptors (Lipinski definition) is 4. The zero-order valence-electron chi connectivity index (χ0n) is 15.4. The third-order valence-corrected chi connectivity index (χ3v) is 4.07. The lowest BCUT2D eigenvalue weighted by Gasteiger charge is -2.25. The van der Waals surface area contributed by atoms with Gasteiger partial charge in [-0.15, -0.1) is 0 Å². The Morgan fingerprint density at radius 2 is 1.64 bits per heavy atom. The first-order valence-corrected chi connectivity index (χ1v) is 8.56. The Labute approximate surface area is 150 Å². The fraction of sp³-hybridized carbons (Fsp3) is 0.286. The number of allylic oxidation sites excluding steroid dienone is 1. The second-order valence-electron chi connectivity index (χ2n) is 5.79. The Kier molecular flexibility index (Phi) is 6.63. The van der Waals surface area contributed by atoms with Gasteiger partial charge in [0.25, 0.3) is 0 Å². The number of methoxy groups -OCH3 is 1. The van der Waals surface area contributed by atoms with Crippen LogP contribution in [0.1, 0.15) is 29.8 Å². The summed E-state index contributed by atoms with van der Waals surface area (Å²) in [6.45, 7) is 7.84. The Balaban J connectivity index is 2.27. The van der Waals surface area contributed by atoms with Crippen LogP contribution in [0, 0.1) is 6.92 Å². The van der Waals surface area contributed by atoms with Crippen molar-refractivity contribution in [3.8, 4) is 5.75 Å². The highest BCUT2D eigenvalue weighted by Gasteiger charge is 2.11. The molecule has 1 N–H and O–H groups in total. The van der Waals surface area contributed by atoms with Gasteiger partial charge in [0.1, 0.15) is 11.6 Å². The minimum atomic E-state index is -0.0378. The molecule has 0 saturated carbocycles. The van der Waals surface area contributed by atoms with Gasteiger partial charge < -0.3 is 15.0 Å². The SMILES string of the molecule is CCN(CC)/C(=C\C(=O)c1ccc(OC)cc1)Nc1ccc(C)cc1. The van der Waals surface area contributed by atoms with E-state index in [0.29, 0.717) is 5.56 Å². The third kappa shape index (κ3) is 5.11. The molecule has 4 heteroatoms. The van der Waals surface area contributed by atoms with E-state index in [1.54, 1.807) is 37.5 Å². The number of benzene rings is 2. The molecule has 0 unspecified atom stereocenters. The van der Waals surface area contributed by atoms with E-state index >= 15 is 0 Å². The van der Waals surface area contributed by atoms with E-state index in [2.05, 4.69) is 31.0 Å². The maximum Gasteiger partial charge on any atom is 0.189 e. The fourth-order valence-corrected chi connectivity index (χ4v) is 2.52. The van der Waals surface area contributed by atoms with Gasteiger partial charge in [-0.2, -0.15) is 0 Å². The van der Waals surface area contributed by atoms with Gasteiger partial charge in [-0.25, -0.2) is 0 Å². The molecule has 0 fully saturated rings. The number of ketones is 1. The molecule has 0 amide bonds. The first-order chi connectivity index (χ1) is 12.1. The summed E-state index contributed by atoms with van der Waals surface area (Å²) in [7, 11) is 1.61. The maximum atomic E-state index is 12.7. The van der Waals surface area contributed by atoms with Crippen LogP contribution in [0.15, 0.2) is 60.4 Å². The number of rotatable bonds is 8. The quantitative estimate of drug-likeness (QED) is 0.569. The summed E-state index contributed by atoms with van der Waals surface area (Å²) in [5.74, 6) is 1.50. The molecule has 0 aliphatic rings. The predicted molar refractivity (Wildman–Crippen MR) is 103 cm³/mol. The standard InChI is InChI=1S/C21H26N2O2/c1-5-23(6-2)21(22-18-11-7-16(3)8-12-18)15-20(24)17-9-13-19(25-4)14-10-17/h7-15,22H,5-6H2,1-4H3/b21-15-. The normalized spacial score (nSPS) is 11.1. The number of nitrogens with zero attached hydrogens (tertiary/aromatic N) is 1. The summed E-state index contributed by atoms with van der Waals surface area (Å²) in [4.78, 5) is 14.8. The molecule has 4 nitrogen and oxygen atoms in total. The van der Waals surface area contributed by atoms with Gasteiger partial charge in [-0.1, -0.05) is 17.7 Å². The Morgan fingerprint density at radius 3 is 2.16 bits per heavy atom. The van der Waals surface area contributed by atoms with Crippen LogP contribution in [0.25, 0.3) is 0 Å². The Hall–Kier alpha value is -2.75. The van der Waals surface area contributed by atoms with Gasteiger partial charge in [0.2, 0.25) is 0 Å². The summed E-state index contributed by atoms with van der Waals surface area (Å²) in [6.07, 6.45) is 1.66. The van der Waals surface area contributed by atoms with Crippen molar-refractivity contribution in [2.75, 3.05) is 25.5 Å². The van der Waals surface area contributed by atoms with Crippen molar-refractivity contribution < 1.29 is 9.53 Å². The second kappa shape index (κ2) is 8.92. The van der Waals surface area contributed by atoms with Crippen LogP contribution in [0.5, 0.6) is 5.75 Å². The van der Waals surface area contributed by atoms with Crippen LogP contribution in [0.2, 0.25) is 0 Å². The molecule has 0 radical (unpaired) electrons. The van der Waals surface area contributed by atoms with Crippen LogP contribution < -0.4 is 10.1 Å². The number of carbonyl (C=O) groups is 1. The molecule has 0 saturated heterocycles. The molecule has 2 aromatic rings. The highest BCUT2D eigenvalue weighted by molar-refractivity contribution is 6.05. The van der Waals surface area contributed by atoms with Crippen molar-refractivity contribution in [2.45, 2.75) is 20.8 Å². The molecule has 25 heavy (non-hydrogen) atoms. The summed E-state index contributed by atoms with van der Waals surface area (Å²) < 4.78 is 5.14. The second-order valence-corrected chi connectivity index (χ2v) is 5.79. The third-order valence-electron chi connectivity index (χ3n) is 4.07. The van der Waals surface area contributed by atoms with Crippen LogP contribution in [0.4, 0.5) is 5.69 Å². The number of ether oxygens (including phenoxy) is 1. The molecule has 0 aliphatic heterocycles. The minimum Gasteiger partial charge on any atom is -0.497 e. The van der Waals surface area contributed by atoms with Crippen molar-refractivity contribution in [3.63, 3.8) is 0 Å². The molecule has 2 rings (SSSR count). The lowest BCUT2D eigenvalue weighted by molar-refractivity contribution is 0.104. The molecule has 0 atom stereocenters. The van der Waals surface area contributed by atoms with E-state index in [4.69, 9.17) is 4.74 Å². The van der Waals surface area contributed by atoms with Gasteiger partial charge >= 0.3 is 0 Å². The van der Waals surface area contributed by atoms with Crippen LogP contribution in [-0.4, -0.2) is 30.9 Å². The van der Waals surface area contributed by atoms with Crippen molar-refractivity contribution >= 4 is 11.5 Å². The van der Waals surface area contributed by atoms with E-state index in [1.807, 2.05) is 24.3 Å². The summed E-state index contributed by atoms with van der Waals surface area (Å²) in [5.41, 5.74) is 2.80. The fourth-order valence-electron chi connectivity index (χ4n) is 2.52. The molecule has 0 heterocycles. The van der Waals surface area contributed by atoms with Crippen molar-refractivity contribution in [3.05, 3.63) is 71.6 Å². The Morgan fingerprint density at radius 1 is 1.04 bits per heavy atom. The number of carbonyl (C=O) groups excluding carboxylic acids is 1. The molecular weight excluding hydrogens is 312 g/mol. The Bertz CT molecular complexity index is 715. The zero-order chi connectivity index (χ0) is 18.2. The van der Waals surface area contributed by atoms with Crippen molar-refractivity contribution in [1.82, 2.24) is 4.90 Å². The number of anilines is 1. The van der Waals surface area contributed by atoms with E-state index in [9.17, 15) is 4.79 Å². The number of hydrogen-bond donors (Lipinski definition) is 1. The lowest BCUT2D eigenvalue weighted by Crippen LogP contribution is -2.27. The largest absolute Gasteiger partial charge is 0.497 e. The van der Waals surface area contributed by atoms with E-state index in [1.165, 1.54) is 5.56 Å². The average molecular weight is 338 g/mol. The number of aryl methyl sites for hydroxylation is 1. The molecular formula is C21H26N2O2. The summed E-state index contributed by atoms with van der Waals surface area (Å²) in [6, 6.07) is 15.3. The molecule has 0 aromatic heterocycles. The van der Waals surface area contributed by atoms with Crippen molar-refractivity contribution in [2.24, 2.45) is 0 Å². The van der Waals surface area contributed by atoms with Gasteiger partial charge in [0.15, 0.2) is 5.78 Å². The first kappa shape index (κ1) is 18.6. The zero-order valence-corrected chi connectivity index (χ0v) is 15.4. The lowest BCUT2D eigenvalue weighted by atomic mass is 10.1. The average Bonchev–Trinajstić information content (AvgIpc) is 2.64.